The fourth-order valence-electron chi connectivity index (χ4n) is 0.618. The third kappa shape index (κ3) is 1.89. The van der Waals surface area contributed by atoms with Crippen molar-refractivity contribution in [3.05, 3.63) is 0 Å². The van der Waals surface area contributed by atoms with Crippen molar-refractivity contribution >= 4 is 0 Å². The highest BCUT2D eigenvalue weighted by molar-refractivity contribution is 5.02. The Balaban J connectivity index is 5.81. The molecule has 0 saturated heterocycles. The summed E-state index contributed by atoms with van der Waals surface area (Å²) in [7, 11) is 0. The molecule has 0 aliphatic heterocycles. The number of hydrogen-bond acceptors (Lipinski definition) is 1. The maximum atomic E-state index is 12.3. The van der Waals surface area contributed by atoms with E-state index in [0.29, 0.717) is 0 Å². The lowest BCUT2D eigenvalue weighted by Gasteiger charge is -2.35. The number of hydrogen-bond donors (Lipinski definition) is 0. The van der Waals surface area contributed by atoms with E-state index >= 15 is 0 Å². The van der Waals surface area contributed by atoms with Gasteiger partial charge in [-0.2, -0.15) is 35.1 Å². The SMILES string of the molecule is FN(F)C(F)(F)C(F)(C(F)(F)F)C(F)(F)F. The van der Waals surface area contributed by atoms with Crippen LogP contribution in [0.1, 0.15) is 0 Å². The molecule has 0 N–H and O–H groups in total. The Morgan fingerprint density at radius 2 is 0.812 bits per heavy atom. The third-order valence-electron chi connectivity index (χ3n) is 1.41. The Hall–Kier alpha value is -0.810. The number of nitrogens with zero attached hydrogens (tertiary/aromatic N) is 1. The highest BCUT2D eigenvalue weighted by atomic mass is 19.4. The molecule has 0 spiro atoms. The summed E-state index contributed by atoms with van der Waals surface area (Å²) in [5, 5.41) is -3.78. The maximum Gasteiger partial charge on any atom is 0.439 e. The molecule has 0 heterocycles. The van der Waals surface area contributed by atoms with Crippen LogP contribution >= 0.6 is 0 Å². The quantitative estimate of drug-likeness (QED) is 0.422. The van der Waals surface area contributed by atoms with E-state index in [2.05, 4.69) is 0 Å². The molecule has 0 aromatic heterocycles. The summed E-state index contributed by atoms with van der Waals surface area (Å²) in [4.78, 5) is 0. The first-order valence-corrected chi connectivity index (χ1v) is 3.01. The molecule has 0 saturated carbocycles. The minimum atomic E-state index is -7.36. The van der Waals surface area contributed by atoms with Crippen LogP contribution < -0.4 is 0 Å². The lowest BCUT2D eigenvalue weighted by molar-refractivity contribution is -0.468. The summed E-state index contributed by atoms with van der Waals surface area (Å²) >= 11 is 0. The Bertz CT molecular complexity index is 234. The summed E-state index contributed by atoms with van der Waals surface area (Å²) in [5.74, 6) is 0. The van der Waals surface area contributed by atoms with Crippen LogP contribution in [0.3, 0.4) is 0 Å². The van der Waals surface area contributed by atoms with Crippen LogP contribution in [0.5, 0.6) is 0 Å². The molecule has 0 rings (SSSR count). The van der Waals surface area contributed by atoms with Crippen LogP contribution in [-0.2, 0) is 0 Å². The van der Waals surface area contributed by atoms with Gasteiger partial charge in [0.2, 0.25) is 0 Å². The second-order valence-corrected chi connectivity index (χ2v) is 2.43. The zero-order chi connectivity index (χ0) is 13.6. The van der Waals surface area contributed by atoms with E-state index in [4.69, 9.17) is 0 Å². The molecule has 0 aromatic carbocycles. The van der Waals surface area contributed by atoms with Gasteiger partial charge in [-0.05, 0) is 0 Å². The topological polar surface area (TPSA) is 3.24 Å². The van der Waals surface area contributed by atoms with Crippen molar-refractivity contribution in [2.24, 2.45) is 0 Å². The van der Waals surface area contributed by atoms with E-state index in [9.17, 15) is 48.5 Å². The summed E-state index contributed by atoms with van der Waals surface area (Å²) in [6.45, 7) is 0. The Morgan fingerprint density at radius 3 is 0.875 bits per heavy atom. The fourth-order valence-corrected chi connectivity index (χ4v) is 0.618. The van der Waals surface area contributed by atoms with Gasteiger partial charge >= 0.3 is 24.1 Å². The van der Waals surface area contributed by atoms with Gasteiger partial charge in [-0.15, -0.1) is 0 Å². The minimum Gasteiger partial charge on any atom is -0.215 e. The summed E-state index contributed by atoms with van der Waals surface area (Å²) in [5.41, 5.74) is -7.36. The molecule has 0 amide bonds. The zero-order valence-corrected chi connectivity index (χ0v) is 6.60. The summed E-state index contributed by atoms with van der Waals surface area (Å²) in [6.07, 6.45) is -14.5. The second-order valence-electron chi connectivity index (χ2n) is 2.43. The molecule has 12 heteroatoms. The highest BCUT2D eigenvalue weighted by Gasteiger charge is 2.87. The molecule has 0 atom stereocenters. The first-order valence-electron chi connectivity index (χ1n) is 3.01. The predicted octanol–water partition coefficient (Wildman–Crippen LogP) is 3.48. The van der Waals surface area contributed by atoms with Gasteiger partial charge < -0.3 is 0 Å². The van der Waals surface area contributed by atoms with Crippen LogP contribution in [0.4, 0.5) is 48.5 Å². The van der Waals surface area contributed by atoms with Crippen molar-refractivity contribution in [2.75, 3.05) is 0 Å². The van der Waals surface area contributed by atoms with E-state index < -0.39 is 29.4 Å². The molecular weight excluding hydrogens is 271 g/mol. The molecule has 0 unspecified atom stereocenters. The van der Waals surface area contributed by atoms with Crippen LogP contribution in [0.2, 0.25) is 0 Å². The molecule has 0 aliphatic rings. The maximum absolute atomic E-state index is 12.3. The molecule has 0 radical (unpaired) electrons. The van der Waals surface area contributed by atoms with Gasteiger partial charge in [-0.1, -0.05) is 8.96 Å². The van der Waals surface area contributed by atoms with Crippen molar-refractivity contribution in [1.29, 1.82) is 0 Å². The van der Waals surface area contributed by atoms with Gasteiger partial charge in [0.1, 0.15) is 0 Å². The van der Waals surface area contributed by atoms with Crippen molar-refractivity contribution in [3.63, 3.8) is 0 Å². The Morgan fingerprint density at radius 1 is 0.562 bits per heavy atom. The average Bonchev–Trinajstić information content (AvgIpc) is 1.97. The van der Waals surface area contributed by atoms with Crippen molar-refractivity contribution in [1.82, 2.24) is 5.34 Å². The third-order valence-corrected chi connectivity index (χ3v) is 1.41. The van der Waals surface area contributed by atoms with Gasteiger partial charge in [-0.25, -0.2) is 4.39 Å². The standard InChI is InChI=1S/C4F11N/c5-1(2(6,7)8,3(9,10)11)4(12,13)16(14)15. The minimum absolute atomic E-state index is 3.78. The van der Waals surface area contributed by atoms with Crippen molar-refractivity contribution in [2.45, 2.75) is 24.1 Å². The van der Waals surface area contributed by atoms with E-state index in [1.807, 2.05) is 0 Å². The first kappa shape index (κ1) is 15.2. The van der Waals surface area contributed by atoms with Gasteiger partial charge in [0.05, 0.1) is 5.34 Å². The fraction of sp³-hybridized carbons (Fsp3) is 1.00. The van der Waals surface area contributed by atoms with E-state index in [0.717, 1.165) is 0 Å². The molecule has 0 aromatic rings. The predicted molar refractivity (Wildman–Crippen MR) is 25.0 cm³/mol. The highest BCUT2D eigenvalue weighted by Crippen LogP contribution is 2.55. The van der Waals surface area contributed by atoms with Gasteiger partial charge in [0.15, 0.2) is 0 Å². The largest absolute Gasteiger partial charge is 0.439 e. The monoisotopic (exact) mass is 271 g/mol. The number of rotatable bonds is 2. The lowest BCUT2D eigenvalue weighted by Crippen LogP contribution is -2.67. The molecular formula is C4F11N. The van der Waals surface area contributed by atoms with Crippen LogP contribution in [0, 0.1) is 0 Å². The Labute approximate surface area is 79.3 Å². The molecule has 1 nitrogen and oxygen atoms in total. The summed E-state index contributed by atoms with van der Waals surface area (Å²) in [6, 6.07) is -7.09. The smallest absolute Gasteiger partial charge is 0.215 e. The first-order chi connectivity index (χ1) is 6.69. The average molecular weight is 271 g/mol. The van der Waals surface area contributed by atoms with Gasteiger partial charge in [-0.3, -0.25) is 0 Å². The Kier molecular flexibility index (Phi) is 3.42. The van der Waals surface area contributed by atoms with Crippen LogP contribution in [0.25, 0.3) is 0 Å². The number of alkyl halides is 9. The molecule has 0 aliphatic carbocycles. The summed E-state index contributed by atoms with van der Waals surface area (Å²) < 4.78 is 128. The molecule has 0 bridgehead atoms. The molecule has 98 valence electrons. The van der Waals surface area contributed by atoms with Crippen molar-refractivity contribution in [3.8, 4) is 0 Å². The number of halogens is 11. The molecule has 0 fully saturated rings. The normalized spacial score (nSPS) is 15.8. The second kappa shape index (κ2) is 3.60. The van der Waals surface area contributed by atoms with Gasteiger partial charge in [0.25, 0.3) is 0 Å². The van der Waals surface area contributed by atoms with Crippen molar-refractivity contribution < 1.29 is 48.5 Å². The van der Waals surface area contributed by atoms with Crippen LogP contribution in [-0.4, -0.2) is 29.4 Å². The molecule has 16 heavy (non-hydrogen) atoms. The van der Waals surface area contributed by atoms with E-state index in [1.165, 1.54) is 0 Å². The van der Waals surface area contributed by atoms with Gasteiger partial charge in [0, 0.05) is 0 Å². The zero-order valence-electron chi connectivity index (χ0n) is 6.60. The van der Waals surface area contributed by atoms with Crippen LogP contribution in [0.15, 0.2) is 0 Å². The van der Waals surface area contributed by atoms with E-state index in [1.54, 1.807) is 0 Å². The van der Waals surface area contributed by atoms with E-state index in [-0.39, 0.29) is 0 Å². The lowest BCUT2D eigenvalue weighted by atomic mass is 10.0.